The Kier molecular flexibility index (Phi) is 2.73. The van der Waals surface area contributed by atoms with Crippen molar-refractivity contribution in [1.82, 2.24) is 0 Å². The smallest absolute Gasteiger partial charge is 0.0973 e. The van der Waals surface area contributed by atoms with E-state index in [-0.39, 0.29) is 0 Å². The van der Waals surface area contributed by atoms with Gasteiger partial charge in [-0.25, -0.2) is 0 Å². The maximum absolute atomic E-state index is 10.3. The van der Waals surface area contributed by atoms with Crippen LogP contribution < -0.4 is 0 Å². The molecule has 0 bridgehead atoms. The van der Waals surface area contributed by atoms with Crippen LogP contribution in [0, 0.1) is 16.7 Å². The second-order valence-electron chi connectivity index (χ2n) is 5.14. The molecular weight excluding hydrogens is 198 g/mol. The van der Waals surface area contributed by atoms with Gasteiger partial charge in [0.05, 0.1) is 17.6 Å². The molecule has 1 aliphatic carbocycles. The van der Waals surface area contributed by atoms with Gasteiger partial charge in [-0.1, -0.05) is 24.3 Å². The van der Waals surface area contributed by atoms with Crippen LogP contribution in [0.2, 0.25) is 0 Å². The Morgan fingerprint density at radius 3 is 2.56 bits per heavy atom. The van der Waals surface area contributed by atoms with E-state index in [9.17, 15) is 5.11 Å². The molecule has 2 rings (SSSR count). The highest BCUT2D eigenvalue weighted by Crippen LogP contribution is 2.45. The number of hydrogen-bond donors (Lipinski definition) is 1. The van der Waals surface area contributed by atoms with Gasteiger partial charge >= 0.3 is 0 Å². The Labute approximate surface area is 96.5 Å². The summed E-state index contributed by atoms with van der Waals surface area (Å²) in [6.45, 7) is 3.56. The Hall–Kier alpha value is -1.33. The zero-order valence-electron chi connectivity index (χ0n) is 9.77. The van der Waals surface area contributed by atoms with Crippen molar-refractivity contribution in [1.29, 1.82) is 5.26 Å². The fourth-order valence-electron chi connectivity index (χ4n) is 1.98. The van der Waals surface area contributed by atoms with Crippen molar-refractivity contribution >= 4 is 0 Å². The van der Waals surface area contributed by atoms with E-state index in [0.29, 0.717) is 5.92 Å². The molecule has 1 unspecified atom stereocenters. The van der Waals surface area contributed by atoms with Crippen LogP contribution in [0.4, 0.5) is 0 Å². The Balaban J connectivity index is 2.36. The summed E-state index contributed by atoms with van der Waals surface area (Å²) in [4.78, 5) is 0. The predicted octanol–water partition coefficient (Wildman–Crippen LogP) is 3.15. The van der Waals surface area contributed by atoms with Crippen LogP contribution in [-0.4, -0.2) is 5.11 Å². The van der Waals surface area contributed by atoms with Gasteiger partial charge in [0, 0.05) is 0 Å². The van der Waals surface area contributed by atoms with E-state index < -0.39 is 11.5 Å². The average molecular weight is 215 g/mol. The SMILES string of the molecule is CC(C)(C#N)C(O)c1ccccc1C1CC1. The fourth-order valence-corrected chi connectivity index (χ4v) is 1.98. The van der Waals surface area contributed by atoms with E-state index >= 15 is 0 Å². The molecule has 1 aliphatic rings. The number of aliphatic hydroxyl groups is 1. The lowest BCUT2D eigenvalue weighted by molar-refractivity contribution is 0.0859. The third-order valence-corrected chi connectivity index (χ3v) is 3.28. The minimum absolute atomic E-state index is 0.598. The molecule has 1 fully saturated rings. The molecule has 1 aromatic carbocycles. The van der Waals surface area contributed by atoms with E-state index in [0.717, 1.165) is 5.56 Å². The monoisotopic (exact) mass is 215 g/mol. The highest BCUT2D eigenvalue weighted by Gasteiger charge is 2.34. The van der Waals surface area contributed by atoms with Crippen LogP contribution in [-0.2, 0) is 0 Å². The van der Waals surface area contributed by atoms with Crippen LogP contribution in [0.5, 0.6) is 0 Å². The Bertz CT molecular complexity index is 427. The average Bonchev–Trinajstić information content (AvgIpc) is 3.12. The first-order valence-electron chi connectivity index (χ1n) is 5.74. The first-order chi connectivity index (χ1) is 7.56. The molecule has 0 radical (unpaired) electrons. The Morgan fingerprint density at radius 1 is 1.38 bits per heavy atom. The van der Waals surface area contributed by atoms with E-state index in [1.54, 1.807) is 13.8 Å². The molecule has 1 atom stereocenters. The zero-order chi connectivity index (χ0) is 11.8. The van der Waals surface area contributed by atoms with Crippen LogP contribution >= 0.6 is 0 Å². The summed E-state index contributed by atoms with van der Waals surface area (Å²) < 4.78 is 0. The van der Waals surface area contributed by atoms with Crippen molar-refractivity contribution in [2.75, 3.05) is 0 Å². The molecule has 0 saturated heterocycles. The van der Waals surface area contributed by atoms with Gasteiger partial charge < -0.3 is 5.11 Å². The summed E-state index contributed by atoms with van der Waals surface area (Å²) in [5.74, 6) is 0.598. The molecule has 0 spiro atoms. The van der Waals surface area contributed by atoms with Crippen LogP contribution in [0.25, 0.3) is 0 Å². The summed E-state index contributed by atoms with van der Waals surface area (Å²) >= 11 is 0. The molecule has 2 nitrogen and oxygen atoms in total. The van der Waals surface area contributed by atoms with E-state index in [2.05, 4.69) is 12.1 Å². The highest BCUT2D eigenvalue weighted by atomic mass is 16.3. The fraction of sp³-hybridized carbons (Fsp3) is 0.500. The van der Waals surface area contributed by atoms with Crippen molar-refractivity contribution in [3.05, 3.63) is 35.4 Å². The van der Waals surface area contributed by atoms with E-state index in [1.165, 1.54) is 18.4 Å². The third kappa shape index (κ3) is 1.96. The molecule has 1 saturated carbocycles. The van der Waals surface area contributed by atoms with Gasteiger partial charge in [-0.2, -0.15) is 5.26 Å². The minimum atomic E-state index is -0.731. The first kappa shape index (κ1) is 11.2. The number of nitriles is 1. The van der Waals surface area contributed by atoms with Crippen LogP contribution in [0.3, 0.4) is 0 Å². The summed E-state index contributed by atoms with van der Waals surface area (Å²) in [5, 5.41) is 19.3. The lowest BCUT2D eigenvalue weighted by Crippen LogP contribution is -2.20. The van der Waals surface area contributed by atoms with Gasteiger partial charge in [0.2, 0.25) is 0 Å². The molecule has 0 heterocycles. The molecule has 84 valence electrons. The third-order valence-electron chi connectivity index (χ3n) is 3.28. The van der Waals surface area contributed by atoms with Gasteiger partial charge in [-0.3, -0.25) is 0 Å². The second-order valence-corrected chi connectivity index (χ2v) is 5.14. The largest absolute Gasteiger partial charge is 0.387 e. The number of hydrogen-bond acceptors (Lipinski definition) is 2. The maximum atomic E-state index is 10.3. The molecule has 0 aromatic heterocycles. The summed E-state index contributed by atoms with van der Waals surface area (Å²) in [6, 6.07) is 10.1. The Morgan fingerprint density at radius 2 is 2.00 bits per heavy atom. The van der Waals surface area contributed by atoms with Gasteiger partial charge in [-0.15, -0.1) is 0 Å². The van der Waals surface area contributed by atoms with Crippen molar-refractivity contribution in [3.8, 4) is 6.07 Å². The van der Waals surface area contributed by atoms with Crippen molar-refractivity contribution < 1.29 is 5.11 Å². The molecule has 0 amide bonds. The predicted molar refractivity (Wildman–Crippen MR) is 62.8 cm³/mol. The second kappa shape index (κ2) is 3.92. The van der Waals surface area contributed by atoms with Crippen molar-refractivity contribution in [3.63, 3.8) is 0 Å². The molecule has 16 heavy (non-hydrogen) atoms. The zero-order valence-corrected chi connectivity index (χ0v) is 9.77. The summed E-state index contributed by atoms with van der Waals surface area (Å²) in [5.41, 5.74) is 1.42. The number of nitrogens with zero attached hydrogens (tertiary/aromatic N) is 1. The van der Waals surface area contributed by atoms with Gasteiger partial charge in [-0.05, 0) is 43.7 Å². The first-order valence-corrected chi connectivity index (χ1v) is 5.74. The highest BCUT2D eigenvalue weighted by molar-refractivity contribution is 5.36. The lowest BCUT2D eigenvalue weighted by atomic mass is 9.82. The summed E-state index contributed by atoms with van der Waals surface area (Å²) in [6.07, 6.45) is 1.71. The van der Waals surface area contributed by atoms with Crippen molar-refractivity contribution in [2.24, 2.45) is 5.41 Å². The number of rotatable bonds is 3. The maximum Gasteiger partial charge on any atom is 0.0973 e. The normalized spacial score (nSPS) is 17.9. The standard InChI is InChI=1S/C14H17NO/c1-14(2,9-15)13(16)12-6-4-3-5-11(12)10-7-8-10/h3-6,10,13,16H,7-8H2,1-2H3. The molecule has 1 N–H and O–H groups in total. The summed E-state index contributed by atoms with van der Waals surface area (Å²) in [7, 11) is 0. The molecular formula is C14H17NO. The lowest BCUT2D eigenvalue weighted by Gasteiger charge is -2.25. The van der Waals surface area contributed by atoms with Crippen LogP contribution in [0.15, 0.2) is 24.3 Å². The topological polar surface area (TPSA) is 44.0 Å². The number of benzene rings is 1. The quantitative estimate of drug-likeness (QED) is 0.841. The van der Waals surface area contributed by atoms with Crippen LogP contribution in [0.1, 0.15) is 49.8 Å². The van der Waals surface area contributed by atoms with Gasteiger partial charge in [0.15, 0.2) is 0 Å². The van der Waals surface area contributed by atoms with Gasteiger partial charge in [0.1, 0.15) is 0 Å². The van der Waals surface area contributed by atoms with E-state index in [4.69, 9.17) is 5.26 Å². The molecule has 2 heteroatoms. The minimum Gasteiger partial charge on any atom is -0.387 e. The molecule has 1 aromatic rings. The van der Waals surface area contributed by atoms with E-state index in [1.807, 2.05) is 18.2 Å². The van der Waals surface area contributed by atoms with Gasteiger partial charge in [0.25, 0.3) is 0 Å². The number of aliphatic hydroxyl groups excluding tert-OH is 1. The molecule has 0 aliphatic heterocycles. The van der Waals surface area contributed by atoms with Crippen molar-refractivity contribution in [2.45, 2.75) is 38.7 Å².